The second-order valence-electron chi connectivity index (χ2n) is 6.07. The van der Waals surface area contributed by atoms with Crippen LogP contribution in [0.3, 0.4) is 0 Å². The van der Waals surface area contributed by atoms with Crippen molar-refractivity contribution in [1.29, 1.82) is 0 Å². The molecule has 0 saturated carbocycles. The Balaban J connectivity index is 1.74. The summed E-state index contributed by atoms with van der Waals surface area (Å²) in [7, 11) is -2.15. The molecule has 27 heavy (non-hydrogen) atoms. The van der Waals surface area contributed by atoms with E-state index in [9.17, 15) is 13.2 Å². The zero-order chi connectivity index (χ0) is 19.6. The number of rotatable bonds is 5. The van der Waals surface area contributed by atoms with Crippen molar-refractivity contribution in [3.05, 3.63) is 71.5 Å². The largest absolute Gasteiger partial charge is 0.322 e. The third-order valence-electron chi connectivity index (χ3n) is 4.07. The minimum Gasteiger partial charge on any atom is -0.322 e. The van der Waals surface area contributed by atoms with Gasteiger partial charge in [-0.05, 0) is 75.5 Å². The first-order valence-electron chi connectivity index (χ1n) is 8.29. The molecule has 0 radical (unpaired) electrons. The summed E-state index contributed by atoms with van der Waals surface area (Å²) in [5, 5.41) is 7.17. The normalized spacial score (nSPS) is 11.4. The number of aryl methyl sites for hydroxylation is 2. The van der Waals surface area contributed by atoms with Gasteiger partial charge in [0.1, 0.15) is 0 Å². The summed E-state index contributed by atoms with van der Waals surface area (Å²) in [6, 6.07) is 15.1. The highest BCUT2D eigenvalue weighted by Crippen LogP contribution is 2.16. The minimum absolute atomic E-state index is 0.136. The van der Waals surface area contributed by atoms with Crippen LogP contribution < -0.4 is 10.0 Å². The molecule has 0 spiro atoms. The number of anilines is 1. The molecule has 3 rings (SSSR count). The number of amides is 1. The highest BCUT2D eigenvalue weighted by atomic mass is 32.2. The molecular formula is C19H20N4O3S. The Morgan fingerprint density at radius 1 is 1.00 bits per heavy atom. The number of hydrogen-bond acceptors (Lipinski definition) is 4. The molecule has 7 nitrogen and oxygen atoms in total. The molecule has 1 aromatic heterocycles. The van der Waals surface area contributed by atoms with Crippen LogP contribution in [0, 0.1) is 13.8 Å². The van der Waals surface area contributed by atoms with E-state index in [1.807, 2.05) is 36.7 Å². The van der Waals surface area contributed by atoms with Gasteiger partial charge in [-0.2, -0.15) is 5.10 Å². The molecular weight excluding hydrogens is 364 g/mol. The van der Waals surface area contributed by atoms with Gasteiger partial charge < -0.3 is 5.32 Å². The van der Waals surface area contributed by atoms with Gasteiger partial charge in [0.15, 0.2) is 0 Å². The van der Waals surface area contributed by atoms with Gasteiger partial charge in [-0.1, -0.05) is 0 Å². The average molecular weight is 384 g/mol. The van der Waals surface area contributed by atoms with E-state index in [2.05, 4.69) is 15.1 Å². The number of carbonyl (C=O) groups excluding carboxylic acids is 1. The van der Waals surface area contributed by atoms with E-state index in [0.29, 0.717) is 11.3 Å². The molecule has 0 aliphatic rings. The zero-order valence-electron chi connectivity index (χ0n) is 15.2. The van der Waals surface area contributed by atoms with E-state index < -0.39 is 10.0 Å². The lowest BCUT2D eigenvalue weighted by atomic mass is 10.2. The van der Waals surface area contributed by atoms with Crippen molar-refractivity contribution < 1.29 is 13.2 Å². The molecule has 8 heteroatoms. The van der Waals surface area contributed by atoms with Crippen molar-refractivity contribution in [3.8, 4) is 5.69 Å². The molecule has 140 valence electrons. The number of aromatic nitrogens is 2. The van der Waals surface area contributed by atoms with Gasteiger partial charge >= 0.3 is 0 Å². The number of benzene rings is 2. The second-order valence-corrected chi connectivity index (χ2v) is 7.96. The van der Waals surface area contributed by atoms with Crippen molar-refractivity contribution in [2.75, 3.05) is 12.4 Å². The maximum absolute atomic E-state index is 12.4. The van der Waals surface area contributed by atoms with Gasteiger partial charge in [0.25, 0.3) is 5.91 Å². The van der Waals surface area contributed by atoms with E-state index in [1.165, 1.54) is 19.2 Å². The third-order valence-corrected chi connectivity index (χ3v) is 5.51. The highest BCUT2D eigenvalue weighted by molar-refractivity contribution is 7.89. The molecule has 1 heterocycles. The van der Waals surface area contributed by atoms with Crippen molar-refractivity contribution in [2.45, 2.75) is 18.7 Å². The molecule has 2 N–H and O–H groups in total. The lowest BCUT2D eigenvalue weighted by molar-refractivity contribution is 0.102. The van der Waals surface area contributed by atoms with E-state index in [1.54, 1.807) is 24.3 Å². The lowest BCUT2D eigenvalue weighted by Crippen LogP contribution is -2.18. The van der Waals surface area contributed by atoms with E-state index in [0.717, 1.165) is 17.1 Å². The molecule has 1 amide bonds. The molecule has 0 atom stereocenters. The Bertz CT molecular complexity index is 1070. The van der Waals surface area contributed by atoms with Gasteiger partial charge in [-0.15, -0.1) is 0 Å². The molecule has 0 aliphatic carbocycles. The summed E-state index contributed by atoms with van der Waals surface area (Å²) in [5.41, 5.74) is 3.82. The first kappa shape index (κ1) is 18.8. The summed E-state index contributed by atoms with van der Waals surface area (Å²) in [5.74, 6) is -0.279. The van der Waals surface area contributed by atoms with Crippen LogP contribution in [0.1, 0.15) is 21.7 Å². The Kier molecular flexibility index (Phi) is 5.11. The predicted molar refractivity (Wildman–Crippen MR) is 104 cm³/mol. The van der Waals surface area contributed by atoms with Gasteiger partial charge in [0.2, 0.25) is 10.0 Å². The molecule has 0 unspecified atom stereocenters. The third kappa shape index (κ3) is 4.07. The lowest BCUT2D eigenvalue weighted by Gasteiger charge is -2.08. The molecule has 3 aromatic rings. The van der Waals surface area contributed by atoms with Crippen LogP contribution in [0.2, 0.25) is 0 Å². The topological polar surface area (TPSA) is 93.1 Å². The maximum Gasteiger partial charge on any atom is 0.255 e. The number of carbonyl (C=O) groups is 1. The van der Waals surface area contributed by atoms with Crippen LogP contribution in [0.4, 0.5) is 5.69 Å². The fraction of sp³-hybridized carbons (Fsp3) is 0.158. The fourth-order valence-corrected chi connectivity index (χ4v) is 3.41. The summed E-state index contributed by atoms with van der Waals surface area (Å²) >= 11 is 0. The molecule has 0 saturated heterocycles. The van der Waals surface area contributed by atoms with Crippen LogP contribution >= 0.6 is 0 Å². The van der Waals surface area contributed by atoms with Crippen molar-refractivity contribution >= 4 is 21.6 Å². The quantitative estimate of drug-likeness (QED) is 0.707. The number of nitrogens with one attached hydrogen (secondary N) is 2. The first-order valence-corrected chi connectivity index (χ1v) is 9.77. The monoisotopic (exact) mass is 384 g/mol. The molecule has 0 fully saturated rings. The summed E-state index contributed by atoms with van der Waals surface area (Å²) in [6.07, 6.45) is 0. The van der Waals surface area contributed by atoms with Crippen LogP contribution in [-0.2, 0) is 10.0 Å². The van der Waals surface area contributed by atoms with Gasteiger partial charge in [-0.3, -0.25) is 4.79 Å². The number of hydrogen-bond donors (Lipinski definition) is 2. The molecule has 2 aromatic carbocycles. The Hall–Kier alpha value is -2.97. The average Bonchev–Trinajstić information content (AvgIpc) is 3.00. The van der Waals surface area contributed by atoms with Gasteiger partial charge in [-0.25, -0.2) is 17.8 Å². The van der Waals surface area contributed by atoms with E-state index >= 15 is 0 Å². The summed E-state index contributed by atoms with van der Waals surface area (Å²) in [4.78, 5) is 12.5. The van der Waals surface area contributed by atoms with Crippen molar-refractivity contribution in [1.82, 2.24) is 14.5 Å². The number of nitrogens with zero attached hydrogens (tertiary/aromatic N) is 2. The smallest absolute Gasteiger partial charge is 0.255 e. The van der Waals surface area contributed by atoms with Crippen LogP contribution in [0.15, 0.2) is 59.5 Å². The van der Waals surface area contributed by atoms with Crippen molar-refractivity contribution in [3.63, 3.8) is 0 Å². The summed E-state index contributed by atoms with van der Waals surface area (Å²) < 4.78 is 27.5. The first-order chi connectivity index (χ1) is 12.8. The minimum atomic E-state index is -3.50. The maximum atomic E-state index is 12.4. The second kappa shape index (κ2) is 7.34. The Morgan fingerprint density at radius 2 is 1.63 bits per heavy atom. The van der Waals surface area contributed by atoms with Crippen molar-refractivity contribution in [2.24, 2.45) is 0 Å². The van der Waals surface area contributed by atoms with Crippen LogP contribution in [-0.4, -0.2) is 31.2 Å². The van der Waals surface area contributed by atoms with Gasteiger partial charge in [0, 0.05) is 16.9 Å². The predicted octanol–water partition coefficient (Wildman–Crippen LogP) is 2.65. The van der Waals surface area contributed by atoms with E-state index in [4.69, 9.17) is 0 Å². The Morgan fingerprint density at radius 3 is 2.15 bits per heavy atom. The number of sulfonamides is 1. The zero-order valence-corrected chi connectivity index (χ0v) is 16.0. The van der Waals surface area contributed by atoms with Crippen LogP contribution in [0.5, 0.6) is 0 Å². The Labute approximate surface area is 158 Å². The standard InChI is InChI=1S/C19H20N4O3S/c1-13-12-14(2)23(22-13)17-8-4-15(5-9-17)19(24)21-16-6-10-18(11-7-16)27(25,26)20-3/h4-12,20H,1-3H3,(H,21,24). The van der Waals surface area contributed by atoms with E-state index in [-0.39, 0.29) is 10.8 Å². The fourth-order valence-electron chi connectivity index (χ4n) is 2.68. The summed E-state index contributed by atoms with van der Waals surface area (Å²) in [6.45, 7) is 3.90. The highest BCUT2D eigenvalue weighted by Gasteiger charge is 2.12. The molecule has 0 bridgehead atoms. The van der Waals surface area contributed by atoms with Gasteiger partial charge in [0.05, 0.1) is 16.3 Å². The molecule has 0 aliphatic heterocycles. The SMILES string of the molecule is CNS(=O)(=O)c1ccc(NC(=O)c2ccc(-n3nc(C)cc3C)cc2)cc1. The van der Waals surface area contributed by atoms with Crippen LogP contribution in [0.25, 0.3) is 5.69 Å².